The van der Waals surface area contributed by atoms with Crippen LogP contribution in [-0.2, 0) is 4.74 Å². The number of nitro groups is 1. The molecule has 0 saturated carbocycles. The Kier molecular flexibility index (Phi) is 5.11. The molecule has 1 aromatic rings. The second kappa shape index (κ2) is 6.36. The molecule has 1 N–H and O–H groups in total. The molecule has 0 aliphatic heterocycles. The zero-order chi connectivity index (χ0) is 12.8. The second-order valence-corrected chi connectivity index (χ2v) is 3.85. The van der Waals surface area contributed by atoms with Gasteiger partial charge in [-0.05, 0) is 12.5 Å². The molecule has 1 rings (SSSR count). The molecule has 1 heterocycles. The molecule has 0 aromatic carbocycles. The molecule has 6 nitrogen and oxygen atoms in total. The van der Waals surface area contributed by atoms with E-state index < -0.39 is 4.92 Å². The van der Waals surface area contributed by atoms with Crippen LogP contribution in [0.5, 0.6) is 0 Å². The summed E-state index contributed by atoms with van der Waals surface area (Å²) in [7, 11) is 1.57. The van der Waals surface area contributed by atoms with Crippen molar-refractivity contribution in [1.82, 2.24) is 4.98 Å². The van der Waals surface area contributed by atoms with Crippen LogP contribution in [0.3, 0.4) is 0 Å². The van der Waals surface area contributed by atoms with E-state index in [1.807, 2.05) is 6.92 Å². The lowest BCUT2D eigenvalue weighted by atomic mass is 10.2. The fourth-order valence-corrected chi connectivity index (χ4v) is 1.49. The van der Waals surface area contributed by atoms with Gasteiger partial charge in [0.05, 0.1) is 17.6 Å². The number of anilines is 1. The third kappa shape index (κ3) is 3.83. The predicted molar refractivity (Wildman–Crippen MR) is 65.5 cm³/mol. The maximum atomic E-state index is 10.8. The van der Waals surface area contributed by atoms with E-state index in [1.54, 1.807) is 7.11 Å². The van der Waals surface area contributed by atoms with Gasteiger partial charge in [0.25, 0.3) is 0 Å². The van der Waals surface area contributed by atoms with E-state index >= 15 is 0 Å². The first-order chi connectivity index (χ1) is 8.08. The van der Waals surface area contributed by atoms with Gasteiger partial charge in [0.15, 0.2) is 0 Å². The van der Waals surface area contributed by atoms with E-state index in [9.17, 15) is 10.1 Å². The third-order valence-corrected chi connectivity index (χ3v) is 2.45. The fourth-order valence-electron chi connectivity index (χ4n) is 1.34. The first-order valence-electron chi connectivity index (χ1n) is 5.14. The maximum absolute atomic E-state index is 10.8. The van der Waals surface area contributed by atoms with E-state index in [4.69, 9.17) is 16.3 Å². The molecule has 17 heavy (non-hydrogen) atoms. The van der Waals surface area contributed by atoms with E-state index in [0.717, 1.165) is 6.42 Å². The molecule has 0 saturated heterocycles. The topological polar surface area (TPSA) is 77.3 Å². The molecule has 94 valence electrons. The lowest BCUT2D eigenvalue weighted by Crippen LogP contribution is -2.25. The van der Waals surface area contributed by atoms with E-state index in [-0.39, 0.29) is 22.7 Å². The number of methoxy groups -OCH3 is 1. The molecular weight excluding hydrogens is 246 g/mol. The molecule has 0 amide bonds. The van der Waals surface area contributed by atoms with Crippen LogP contribution in [0, 0.1) is 10.1 Å². The number of hydrogen-bond donors (Lipinski definition) is 1. The average molecular weight is 260 g/mol. The van der Waals surface area contributed by atoms with Gasteiger partial charge in [0, 0.05) is 13.2 Å². The Hall–Kier alpha value is -1.40. The molecular formula is C10H14ClN3O3. The van der Waals surface area contributed by atoms with Crippen molar-refractivity contribution in [3.63, 3.8) is 0 Å². The molecule has 0 aliphatic rings. The highest BCUT2D eigenvalue weighted by Gasteiger charge is 2.18. The van der Waals surface area contributed by atoms with Crippen molar-refractivity contribution in [3.8, 4) is 0 Å². The molecule has 1 atom stereocenters. The van der Waals surface area contributed by atoms with Crippen molar-refractivity contribution in [3.05, 3.63) is 27.4 Å². The number of aromatic nitrogens is 1. The fraction of sp³-hybridized carbons (Fsp3) is 0.500. The Morgan fingerprint density at radius 1 is 1.65 bits per heavy atom. The van der Waals surface area contributed by atoms with Crippen LogP contribution in [0.2, 0.25) is 5.15 Å². The van der Waals surface area contributed by atoms with Gasteiger partial charge in [-0.25, -0.2) is 4.98 Å². The Bertz CT molecular complexity index is 400. The number of hydrogen-bond acceptors (Lipinski definition) is 5. The van der Waals surface area contributed by atoms with Crippen LogP contribution >= 0.6 is 11.6 Å². The summed E-state index contributed by atoms with van der Waals surface area (Å²) in [5.74, 6) is 0.173. The van der Waals surface area contributed by atoms with Crippen LogP contribution in [0.1, 0.15) is 13.3 Å². The highest BCUT2D eigenvalue weighted by Crippen LogP contribution is 2.24. The number of halogens is 1. The number of rotatable bonds is 6. The summed E-state index contributed by atoms with van der Waals surface area (Å²) in [5.41, 5.74) is -0.0936. The van der Waals surface area contributed by atoms with Gasteiger partial charge in [-0.3, -0.25) is 10.1 Å². The third-order valence-electron chi connectivity index (χ3n) is 2.24. The molecule has 7 heteroatoms. The summed E-state index contributed by atoms with van der Waals surface area (Å²) >= 11 is 5.72. The number of ether oxygens (including phenoxy) is 1. The van der Waals surface area contributed by atoms with E-state index in [1.165, 1.54) is 12.1 Å². The molecule has 0 bridgehead atoms. The summed E-state index contributed by atoms with van der Waals surface area (Å²) in [6.07, 6.45) is 0.763. The van der Waals surface area contributed by atoms with Gasteiger partial charge in [0.1, 0.15) is 5.15 Å². The van der Waals surface area contributed by atoms with E-state index in [2.05, 4.69) is 10.3 Å². The summed E-state index contributed by atoms with van der Waals surface area (Å²) in [5, 5.41) is 14.0. The minimum atomic E-state index is -0.495. The first kappa shape index (κ1) is 13.7. The van der Waals surface area contributed by atoms with E-state index in [0.29, 0.717) is 6.61 Å². The summed E-state index contributed by atoms with van der Waals surface area (Å²) in [6, 6.07) is 2.68. The largest absolute Gasteiger partial charge is 0.383 e. The zero-order valence-electron chi connectivity index (χ0n) is 9.64. The van der Waals surface area contributed by atoms with Gasteiger partial charge in [0.2, 0.25) is 5.82 Å². The second-order valence-electron chi connectivity index (χ2n) is 3.46. The minimum absolute atomic E-state index is 0.0373. The van der Waals surface area contributed by atoms with Crippen molar-refractivity contribution in [2.75, 3.05) is 19.0 Å². The Morgan fingerprint density at radius 2 is 2.35 bits per heavy atom. The van der Waals surface area contributed by atoms with Gasteiger partial charge in [-0.2, -0.15) is 0 Å². The van der Waals surface area contributed by atoms with Crippen LogP contribution in [0.4, 0.5) is 11.5 Å². The SMILES string of the molecule is CC[C@@H](COC)Nc1nc(Cl)ccc1[N+](=O)[O-]. The van der Waals surface area contributed by atoms with Crippen LogP contribution in [0.15, 0.2) is 12.1 Å². The predicted octanol–water partition coefficient (Wildman–Crippen LogP) is 2.48. The smallest absolute Gasteiger partial charge is 0.311 e. The Balaban J connectivity index is 2.94. The van der Waals surface area contributed by atoms with Gasteiger partial charge < -0.3 is 10.1 Å². The van der Waals surface area contributed by atoms with Crippen molar-refractivity contribution in [2.24, 2.45) is 0 Å². The first-order valence-corrected chi connectivity index (χ1v) is 5.52. The van der Waals surface area contributed by atoms with Crippen molar-refractivity contribution in [2.45, 2.75) is 19.4 Å². The Labute approximate surface area is 104 Å². The monoisotopic (exact) mass is 259 g/mol. The standard InChI is InChI=1S/C10H14ClN3O3/c1-3-7(6-17-2)12-10-8(14(15)16)4-5-9(11)13-10/h4-5,7H,3,6H2,1-2H3,(H,12,13)/t7-/m0/s1. The molecule has 0 fully saturated rings. The van der Waals surface area contributed by atoms with Crippen molar-refractivity contribution in [1.29, 1.82) is 0 Å². The zero-order valence-corrected chi connectivity index (χ0v) is 10.4. The quantitative estimate of drug-likeness (QED) is 0.482. The lowest BCUT2D eigenvalue weighted by Gasteiger charge is -2.16. The molecule has 0 radical (unpaired) electrons. The van der Waals surface area contributed by atoms with Crippen LogP contribution in [0.25, 0.3) is 0 Å². The van der Waals surface area contributed by atoms with Gasteiger partial charge in [-0.15, -0.1) is 0 Å². The lowest BCUT2D eigenvalue weighted by molar-refractivity contribution is -0.384. The molecule has 0 unspecified atom stereocenters. The van der Waals surface area contributed by atoms with Crippen molar-refractivity contribution < 1.29 is 9.66 Å². The van der Waals surface area contributed by atoms with Crippen LogP contribution in [-0.4, -0.2) is 29.7 Å². The number of nitrogens with one attached hydrogen (secondary N) is 1. The molecule has 0 spiro atoms. The highest BCUT2D eigenvalue weighted by molar-refractivity contribution is 6.29. The molecule has 0 aliphatic carbocycles. The van der Waals surface area contributed by atoms with Gasteiger partial charge in [-0.1, -0.05) is 18.5 Å². The average Bonchev–Trinajstić information content (AvgIpc) is 2.28. The van der Waals surface area contributed by atoms with Gasteiger partial charge >= 0.3 is 5.69 Å². The number of pyridine rings is 1. The minimum Gasteiger partial charge on any atom is -0.383 e. The highest BCUT2D eigenvalue weighted by atomic mass is 35.5. The normalized spacial score (nSPS) is 12.2. The van der Waals surface area contributed by atoms with Crippen LogP contribution < -0.4 is 5.32 Å². The summed E-state index contributed by atoms with van der Waals surface area (Å²) < 4.78 is 5.00. The number of nitrogens with zero attached hydrogens (tertiary/aromatic N) is 2. The van der Waals surface area contributed by atoms with Crippen molar-refractivity contribution >= 4 is 23.1 Å². The summed E-state index contributed by atoms with van der Waals surface area (Å²) in [6.45, 7) is 2.40. The molecule has 1 aromatic heterocycles. The Morgan fingerprint density at radius 3 is 2.88 bits per heavy atom. The maximum Gasteiger partial charge on any atom is 0.311 e. The summed E-state index contributed by atoms with van der Waals surface area (Å²) in [4.78, 5) is 14.2.